The van der Waals surface area contributed by atoms with Gasteiger partial charge in [0.2, 0.25) is 0 Å². The number of benzene rings is 2. The molecule has 2 N–H and O–H groups in total. The largest absolute Gasteiger partial charge is 0.452 e. The molecule has 3 amide bonds. The second-order valence-electron chi connectivity index (χ2n) is 6.10. The van der Waals surface area contributed by atoms with E-state index in [2.05, 4.69) is 11.9 Å². The Balaban J connectivity index is 2.08. The van der Waals surface area contributed by atoms with E-state index in [1.165, 1.54) is 37.4 Å². The molecule has 0 aliphatic carbocycles. The number of hydrogen-bond acceptors (Lipinski definition) is 6. The lowest BCUT2D eigenvalue weighted by molar-refractivity contribution is -0.123. The van der Waals surface area contributed by atoms with Crippen molar-refractivity contribution >= 4 is 45.2 Å². The fourth-order valence-electron chi connectivity index (χ4n) is 2.34. The SMILES string of the molecule is C=CCNC(=O)NC(=O)COC(=O)c1cccc(S(=O)(=O)N(C)c2cccc(Cl)c2)c1. The molecule has 0 radical (unpaired) electrons. The Hall–Kier alpha value is -3.37. The first-order valence-electron chi connectivity index (χ1n) is 8.85. The van der Waals surface area contributed by atoms with Crippen LogP contribution in [0.2, 0.25) is 5.02 Å². The van der Waals surface area contributed by atoms with Gasteiger partial charge in [0.15, 0.2) is 6.61 Å². The summed E-state index contributed by atoms with van der Waals surface area (Å²) in [4.78, 5) is 35.1. The van der Waals surface area contributed by atoms with Gasteiger partial charge in [0, 0.05) is 18.6 Å². The first-order valence-corrected chi connectivity index (χ1v) is 10.7. The topological polar surface area (TPSA) is 122 Å². The maximum absolute atomic E-state index is 12.9. The van der Waals surface area contributed by atoms with Gasteiger partial charge in [0.1, 0.15) is 0 Å². The molecule has 0 heterocycles. The molecule has 2 aromatic rings. The van der Waals surface area contributed by atoms with Gasteiger partial charge in [-0.2, -0.15) is 0 Å². The van der Waals surface area contributed by atoms with Crippen molar-refractivity contribution in [1.82, 2.24) is 10.6 Å². The van der Waals surface area contributed by atoms with Crippen LogP contribution >= 0.6 is 11.6 Å². The van der Waals surface area contributed by atoms with E-state index in [0.29, 0.717) is 10.7 Å². The van der Waals surface area contributed by atoms with Crippen molar-refractivity contribution in [1.29, 1.82) is 0 Å². The first kappa shape index (κ1) is 23.9. The average molecular weight is 466 g/mol. The standard InChI is InChI=1S/C20H20ClN3O6S/c1-3-10-22-20(27)23-18(25)13-30-19(26)14-6-4-9-17(11-14)31(28,29)24(2)16-8-5-7-15(21)12-16/h3-9,11-12H,1,10,13H2,2H3,(H2,22,23,25,27). The Morgan fingerprint density at radius 2 is 1.87 bits per heavy atom. The molecule has 0 spiro atoms. The molecule has 0 aromatic heterocycles. The number of nitrogens with zero attached hydrogens (tertiary/aromatic N) is 1. The molecule has 164 valence electrons. The Bertz CT molecular complexity index is 1100. The third-order valence-electron chi connectivity index (χ3n) is 3.89. The monoisotopic (exact) mass is 465 g/mol. The van der Waals surface area contributed by atoms with Gasteiger partial charge >= 0.3 is 12.0 Å². The van der Waals surface area contributed by atoms with Gasteiger partial charge < -0.3 is 10.1 Å². The summed E-state index contributed by atoms with van der Waals surface area (Å²) in [6.07, 6.45) is 1.43. The summed E-state index contributed by atoms with van der Waals surface area (Å²) in [6.45, 7) is 2.85. The summed E-state index contributed by atoms with van der Waals surface area (Å²) in [5.74, 6) is -1.77. The number of carbonyl (C=O) groups excluding carboxylic acids is 3. The Labute approximate surface area is 184 Å². The number of imide groups is 1. The fourth-order valence-corrected chi connectivity index (χ4v) is 3.76. The summed E-state index contributed by atoms with van der Waals surface area (Å²) in [5, 5.41) is 4.66. The highest BCUT2D eigenvalue weighted by Gasteiger charge is 2.23. The van der Waals surface area contributed by atoms with E-state index in [9.17, 15) is 22.8 Å². The van der Waals surface area contributed by atoms with E-state index in [-0.39, 0.29) is 17.0 Å². The molecular formula is C20H20ClN3O6S. The number of sulfonamides is 1. The van der Waals surface area contributed by atoms with E-state index in [4.69, 9.17) is 16.3 Å². The van der Waals surface area contributed by atoms with E-state index in [0.717, 1.165) is 10.4 Å². The van der Waals surface area contributed by atoms with Gasteiger partial charge in [-0.3, -0.25) is 14.4 Å². The van der Waals surface area contributed by atoms with Crippen LogP contribution in [-0.4, -0.2) is 46.5 Å². The van der Waals surface area contributed by atoms with Crippen LogP contribution < -0.4 is 14.9 Å². The van der Waals surface area contributed by atoms with Crippen molar-refractivity contribution in [3.8, 4) is 0 Å². The predicted molar refractivity (Wildman–Crippen MR) is 116 cm³/mol. The maximum atomic E-state index is 12.9. The summed E-state index contributed by atoms with van der Waals surface area (Å²) < 4.78 is 31.7. The number of rotatable bonds is 8. The molecule has 0 fully saturated rings. The zero-order valence-electron chi connectivity index (χ0n) is 16.5. The van der Waals surface area contributed by atoms with Gasteiger partial charge in [-0.05, 0) is 36.4 Å². The minimum absolute atomic E-state index is 0.0792. The van der Waals surface area contributed by atoms with E-state index >= 15 is 0 Å². The lowest BCUT2D eigenvalue weighted by Crippen LogP contribution is -2.41. The predicted octanol–water partition coefficient (Wildman–Crippen LogP) is 2.33. The first-order chi connectivity index (χ1) is 14.6. The minimum Gasteiger partial charge on any atom is -0.452 e. The summed E-state index contributed by atoms with van der Waals surface area (Å²) in [7, 11) is -2.64. The second kappa shape index (κ2) is 10.6. The van der Waals surface area contributed by atoms with Crippen LogP contribution in [0, 0.1) is 0 Å². The average Bonchev–Trinajstić information content (AvgIpc) is 2.75. The molecule has 0 saturated carbocycles. The van der Waals surface area contributed by atoms with Gasteiger partial charge in [-0.1, -0.05) is 29.8 Å². The van der Waals surface area contributed by atoms with Gasteiger partial charge in [0.25, 0.3) is 15.9 Å². The van der Waals surface area contributed by atoms with Crippen molar-refractivity contribution in [3.05, 3.63) is 71.8 Å². The number of hydrogen-bond donors (Lipinski definition) is 2. The van der Waals surface area contributed by atoms with Crippen LogP contribution in [0.15, 0.2) is 66.1 Å². The van der Waals surface area contributed by atoms with Gasteiger partial charge in [-0.15, -0.1) is 6.58 Å². The third-order valence-corrected chi connectivity index (χ3v) is 5.91. The molecular weight excluding hydrogens is 446 g/mol. The highest BCUT2D eigenvalue weighted by molar-refractivity contribution is 7.92. The highest BCUT2D eigenvalue weighted by atomic mass is 35.5. The van der Waals surface area contributed by atoms with E-state index in [1.54, 1.807) is 18.2 Å². The number of nitrogens with one attached hydrogen (secondary N) is 2. The lowest BCUT2D eigenvalue weighted by Gasteiger charge is -2.20. The summed E-state index contributed by atoms with van der Waals surface area (Å²) >= 11 is 5.92. The zero-order chi connectivity index (χ0) is 23.0. The molecule has 0 saturated heterocycles. The minimum atomic E-state index is -3.99. The maximum Gasteiger partial charge on any atom is 0.338 e. The smallest absolute Gasteiger partial charge is 0.338 e. The lowest BCUT2D eigenvalue weighted by atomic mass is 10.2. The molecule has 2 aromatic carbocycles. The molecule has 0 unspecified atom stereocenters. The van der Waals surface area contributed by atoms with Crippen LogP contribution in [0.5, 0.6) is 0 Å². The Morgan fingerprint density at radius 3 is 2.55 bits per heavy atom. The van der Waals surface area contributed by atoms with Crippen LogP contribution in [0.1, 0.15) is 10.4 Å². The van der Waals surface area contributed by atoms with Crippen LogP contribution in [0.25, 0.3) is 0 Å². The normalized spacial score (nSPS) is 10.6. The molecule has 31 heavy (non-hydrogen) atoms. The molecule has 0 aliphatic rings. The summed E-state index contributed by atoms with van der Waals surface area (Å²) in [6, 6.07) is 10.7. The number of ether oxygens (including phenoxy) is 1. The second-order valence-corrected chi connectivity index (χ2v) is 8.51. The van der Waals surface area contributed by atoms with E-state index < -0.39 is 34.5 Å². The highest BCUT2D eigenvalue weighted by Crippen LogP contribution is 2.25. The molecule has 9 nitrogen and oxygen atoms in total. The Morgan fingerprint density at radius 1 is 1.16 bits per heavy atom. The number of amides is 3. The molecule has 0 atom stereocenters. The number of esters is 1. The van der Waals surface area contributed by atoms with Crippen molar-refractivity contribution < 1.29 is 27.5 Å². The van der Waals surface area contributed by atoms with Crippen molar-refractivity contribution in [2.45, 2.75) is 4.90 Å². The fraction of sp³-hybridized carbons (Fsp3) is 0.150. The van der Waals surface area contributed by atoms with E-state index in [1.807, 2.05) is 5.32 Å². The van der Waals surface area contributed by atoms with Gasteiger partial charge in [0.05, 0.1) is 16.1 Å². The number of anilines is 1. The van der Waals surface area contributed by atoms with Gasteiger partial charge in [-0.25, -0.2) is 18.0 Å². The number of halogens is 1. The van der Waals surface area contributed by atoms with Crippen molar-refractivity contribution in [2.75, 3.05) is 24.5 Å². The quantitative estimate of drug-likeness (QED) is 0.455. The molecule has 0 aliphatic heterocycles. The van der Waals surface area contributed by atoms with Crippen LogP contribution in [-0.2, 0) is 19.6 Å². The Kier molecular flexibility index (Phi) is 8.17. The van der Waals surface area contributed by atoms with Crippen LogP contribution in [0.4, 0.5) is 10.5 Å². The third kappa shape index (κ3) is 6.56. The number of carbonyl (C=O) groups is 3. The zero-order valence-corrected chi connectivity index (χ0v) is 18.1. The van der Waals surface area contributed by atoms with Crippen molar-refractivity contribution in [2.24, 2.45) is 0 Å². The van der Waals surface area contributed by atoms with Crippen molar-refractivity contribution in [3.63, 3.8) is 0 Å². The van der Waals surface area contributed by atoms with Crippen LogP contribution in [0.3, 0.4) is 0 Å². The molecule has 11 heteroatoms. The number of urea groups is 1. The molecule has 0 bridgehead atoms. The molecule has 2 rings (SSSR count). The summed E-state index contributed by atoms with van der Waals surface area (Å²) in [5.41, 5.74) is 0.261.